The molecule has 0 amide bonds. The van der Waals surface area contributed by atoms with Crippen molar-refractivity contribution in [1.29, 1.82) is 0 Å². The molecule has 0 saturated heterocycles. The Kier molecular flexibility index (Phi) is 4.98. The molecule has 0 unspecified atom stereocenters. The van der Waals surface area contributed by atoms with Crippen LogP contribution >= 0.6 is 34.8 Å². The summed E-state index contributed by atoms with van der Waals surface area (Å²) in [5.41, 5.74) is 2.13. The van der Waals surface area contributed by atoms with Crippen LogP contribution in [0.3, 0.4) is 0 Å². The number of hydrogen-bond acceptors (Lipinski definition) is 0. The minimum atomic E-state index is 0.425. The lowest BCUT2D eigenvalue weighted by Crippen LogP contribution is -1.95. The fraction of sp³-hybridized carbons (Fsp3) is 0.333. The first-order chi connectivity index (χ1) is 7.04. The minimum Gasteiger partial charge on any atom is -0.122 e. The van der Waals surface area contributed by atoms with Gasteiger partial charge in [0.25, 0.3) is 0 Å². The maximum absolute atomic E-state index is 6.06. The quantitative estimate of drug-likeness (QED) is 0.652. The maximum Gasteiger partial charge on any atom is 0.0493 e. The van der Waals surface area contributed by atoms with Crippen molar-refractivity contribution in [2.45, 2.75) is 13.8 Å². The summed E-state index contributed by atoms with van der Waals surface area (Å²) in [6, 6.07) is 5.46. The van der Waals surface area contributed by atoms with Crippen LogP contribution in [0, 0.1) is 5.92 Å². The van der Waals surface area contributed by atoms with E-state index in [2.05, 4.69) is 13.8 Å². The van der Waals surface area contributed by atoms with E-state index in [1.165, 1.54) is 5.57 Å². The third-order valence-electron chi connectivity index (χ3n) is 2.20. The van der Waals surface area contributed by atoms with E-state index >= 15 is 0 Å². The van der Waals surface area contributed by atoms with Gasteiger partial charge in [-0.2, -0.15) is 0 Å². The lowest BCUT2D eigenvalue weighted by Gasteiger charge is -2.08. The molecule has 0 aliphatic carbocycles. The molecule has 0 bridgehead atoms. The van der Waals surface area contributed by atoms with Crippen LogP contribution in [0.15, 0.2) is 23.8 Å². The number of benzene rings is 1. The summed E-state index contributed by atoms with van der Waals surface area (Å²) in [6.45, 7) is 4.22. The smallest absolute Gasteiger partial charge is 0.0493 e. The van der Waals surface area contributed by atoms with Gasteiger partial charge >= 0.3 is 0 Å². The molecule has 15 heavy (non-hydrogen) atoms. The fourth-order valence-corrected chi connectivity index (χ4v) is 2.03. The fourth-order valence-electron chi connectivity index (χ4n) is 1.18. The molecule has 0 N–H and O–H groups in total. The number of alkyl halides is 1. The highest BCUT2D eigenvalue weighted by atomic mass is 35.5. The van der Waals surface area contributed by atoms with Crippen LogP contribution in [0.25, 0.3) is 6.08 Å². The first kappa shape index (κ1) is 12.9. The van der Waals surface area contributed by atoms with E-state index in [4.69, 9.17) is 34.8 Å². The van der Waals surface area contributed by atoms with Crippen molar-refractivity contribution in [3.63, 3.8) is 0 Å². The zero-order valence-electron chi connectivity index (χ0n) is 8.73. The normalized spacial score (nSPS) is 12.3. The van der Waals surface area contributed by atoms with Gasteiger partial charge in [0.15, 0.2) is 0 Å². The Morgan fingerprint density at radius 2 is 2.00 bits per heavy atom. The Hall–Kier alpha value is -0.170. The van der Waals surface area contributed by atoms with Gasteiger partial charge in [-0.05, 0) is 23.6 Å². The van der Waals surface area contributed by atoms with Gasteiger partial charge in [0.1, 0.15) is 0 Å². The molecule has 82 valence electrons. The van der Waals surface area contributed by atoms with Gasteiger partial charge in [-0.1, -0.05) is 54.8 Å². The summed E-state index contributed by atoms with van der Waals surface area (Å²) < 4.78 is 0. The molecule has 0 fully saturated rings. The van der Waals surface area contributed by atoms with Crippen molar-refractivity contribution in [2.75, 3.05) is 5.88 Å². The average molecular weight is 264 g/mol. The van der Waals surface area contributed by atoms with Crippen LogP contribution in [0.4, 0.5) is 0 Å². The highest BCUT2D eigenvalue weighted by Crippen LogP contribution is 2.25. The SMILES string of the molecule is CC(C)C(=Cc1ccc(Cl)cc1Cl)CCl. The van der Waals surface area contributed by atoms with Crippen molar-refractivity contribution in [1.82, 2.24) is 0 Å². The Morgan fingerprint density at radius 1 is 1.33 bits per heavy atom. The topological polar surface area (TPSA) is 0 Å². The average Bonchev–Trinajstić information content (AvgIpc) is 2.16. The Morgan fingerprint density at radius 3 is 2.47 bits per heavy atom. The van der Waals surface area contributed by atoms with Crippen LogP contribution in [0.2, 0.25) is 10.0 Å². The molecule has 0 spiro atoms. The molecule has 0 saturated carbocycles. The molecule has 0 atom stereocenters. The number of hydrogen-bond donors (Lipinski definition) is 0. The summed E-state index contributed by atoms with van der Waals surface area (Å²) in [7, 11) is 0. The molecular weight excluding hydrogens is 250 g/mol. The summed E-state index contributed by atoms with van der Waals surface area (Å²) >= 11 is 17.7. The molecule has 0 aliphatic rings. The van der Waals surface area contributed by atoms with Crippen LogP contribution < -0.4 is 0 Å². The highest BCUT2D eigenvalue weighted by molar-refractivity contribution is 6.35. The van der Waals surface area contributed by atoms with E-state index in [1.807, 2.05) is 18.2 Å². The van der Waals surface area contributed by atoms with Crippen LogP contribution in [0.1, 0.15) is 19.4 Å². The molecule has 1 aromatic carbocycles. The molecule has 0 aliphatic heterocycles. The van der Waals surface area contributed by atoms with Gasteiger partial charge < -0.3 is 0 Å². The number of rotatable bonds is 3. The Labute approximate surface area is 106 Å². The van der Waals surface area contributed by atoms with Crippen LogP contribution in [-0.2, 0) is 0 Å². The van der Waals surface area contributed by atoms with Crippen molar-refractivity contribution in [2.24, 2.45) is 5.92 Å². The molecule has 0 aromatic heterocycles. The lowest BCUT2D eigenvalue weighted by atomic mass is 10.0. The van der Waals surface area contributed by atoms with E-state index in [1.54, 1.807) is 6.07 Å². The molecule has 0 heterocycles. The first-order valence-electron chi connectivity index (χ1n) is 4.76. The Balaban J connectivity index is 3.06. The minimum absolute atomic E-state index is 0.425. The first-order valence-corrected chi connectivity index (χ1v) is 6.05. The van der Waals surface area contributed by atoms with Gasteiger partial charge in [-0.15, -0.1) is 11.6 Å². The second kappa shape index (κ2) is 5.79. The second-order valence-corrected chi connectivity index (χ2v) is 4.78. The van der Waals surface area contributed by atoms with Gasteiger partial charge in [0.05, 0.1) is 0 Å². The van der Waals surface area contributed by atoms with E-state index < -0.39 is 0 Å². The van der Waals surface area contributed by atoms with Crippen LogP contribution in [-0.4, -0.2) is 5.88 Å². The van der Waals surface area contributed by atoms with Crippen molar-refractivity contribution in [3.05, 3.63) is 39.4 Å². The standard InChI is InChI=1S/C12H13Cl3/c1-8(2)10(7-13)5-9-3-4-11(14)6-12(9)15/h3-6,8H,7H2,1-2H3. The molecule has 0 radical (unpaired) electrons. The third-order valence-corrected chi connectivity index (χ3v) is 3.07. The molecule has 1 aromatic rings. The van der Waals surface area contributed by atoms with Crippen molar-refractivity contribution >= 4 is 40.9 Å². The highest BCUT2D eigenvalue weighted by Gasteiger charge is 2.04. The van der Waals surface area contributed by atoms with E-state index in [0.717, 1.165) is 5.56 Å². The maximum atomic E-state index is 6.06. The number of allylic oxidation sites excluding steroid dienone is 1. The van der Waals surface area contributed by atoms with Crippen LogP contribution in [0.5, 0.6) is 0 Å². The molecule has 0 nitrogen and oxygen atoms in total. The summed E-state index contributed by atoms with van der Waals surface area (Å²) in [4.78, 5) is 0. The third kappa shape index (κ3) is 3.71. The molecule has 3 heteroatoms. The number of halogens is 3. The summed E-state index contributed by atoms with van der Waals surface area (Å²) in [5.74, 6) is 0.950. The van der Waals surface area contributed by atoms with Gasteiger partial charge in [-0.25, -0.2) is 0 Å². The monoisotopic (exact) mass is 262 g/mol. The second-order valence-electron chi connectivity index (χ2n) is 3.67. The zero-order chi connectivity index (χ0) is 11.4. The molecule has 1 rings (SSSR count). The van der Waals surface area contributed by atoms with E-state index in [9.17, 15) is 0 Å². The zero-order valence-corrected chi connectivity index (χ0v) is 11.0. The predicted octanol–water partition coefficient (Wildman–Crippen LogP) is 5.27. The largest absolute Gasteiger partial charge is 0.122 e. The predicted molar refractivity (Wildman–Crippen MR) is 70.0 cm³/mol. The van der Waals surface area contributed by atoms with Gasteiger partial charge in [0, 0.05) is 15.9 Å². The van der Waals surface area contributed by atoms with Gasteiger partial charge in [0.2, 0.25) is 0 Å². The molecular formula is C12H13Cl3. The van der Waals surface area contributed by atoms with Gasteiger partial charge in [-0.3, -0.25) is 0 Å². The van der Waals surface area contributed by atoms with E-state index in [-0.39, 0.29) is 0 Å². The van der Waals surface area contributed by atoms with E-state index in [0.29, 0.717) is 21.8 Å². The Bertz CT molecular complexity index is 367. The summed E-state index contributed by atoms with van der Waals surface area (Å²) in [6.07, 6.45) is 2.02. The van der Waals surface area contributed by atoms with Crippen molar-refractivity contribution in [3.8, 4) is 0 Å². The summed E-state index contributed by atoms with van der Waals surface area (Å²) in [5, 5.41) is 1.31. The van der Waals surface area contributed by atoms with Crippen molar-refractivity contribution < 1.29 is 0 Å². The lowest BCUT2D eigenvalue weighted by molar-refractivity contribution is 0.778.